The first-order chi connectivity index (χ1) is 6.98. The Bertz CT molecular complexity index is 163. The Labute approximate surface area is 97.2 Å². The monoisotopic (exact) mass is 210 g/mol. The fourth-order valence-electron chi connectivity index (χ4n) is 2.21. The summed E-state index contributed by atoms with van der Waals surface area (Å²) in [5.74, 6) is 0.796. The lowest BCUT2D eigenvalue weighted by Crippen LogP contribution is -2.10. The molecular formula is C15H30. The lowest BCUT2D eigenvalue weighted by Gasteiger charge is -2.22. The number of unbranched alkanes of at least 4 members (excludes halogenated alkanes) is 4. The SMILES string of the molecule is CCCCCCC=CC(C)(C)CC(C)C. The van der Waals surface area contributed by atoms with Crippen molar-refractivity contribution in [3.05, 3.63) is 12.2 Å². The first kappa shape index (κ1) is 14.7. The summed E-state index contributed by atoms with van der Waals surface area (Å²) in [6.45, 7) is 11.6. The molecule has 0 aromatic carbocycles. The van der Waals surface area contributed by atoms with Crippen molar-refractivity contribution in [2.24, 2.45) is 11.3 Å². The van der Waals surface area contributed by atoms with Crippen molar-refractivity contribution in [1.29, 1.82) is 0 Å². The van der Waals surface area contributed by atoms with Crippen LogP contribution in [0.25, 0.3) is 0 Å². The van der Waals surface area contributed by atoms with Gasteiger partial charge in [-0.1, -0.05) is 66.0 Å². The van der Waals surface area contributed by atoms with Gasteiger partial charge < -0.3 is 0 Å². The summed E-state index contributed by atoms with van der Waals surface area (Å²) in [6.07, 6.45) is 12.8. The molecule has 90 valence electrons. The highest BCUT2D eigenvalue weighted by molar-refractivity contribution is 4.95. The van der Waals surface area contributed by atoms with E-state index < -0.39 is 0 Å². The maximum Gasteiger partial charge on any atom is -0.0172 e. The largest absolute Gasteiger partial charge is 0.0880 e. The smallest absolute Gasteiger partial charge is 0.0172 e. The van der Waals surface area contributed by atoms with Gasteiger partial charge in [-0.15, -0.1) is 0 Å². The standard InChI is InChI=1S/C15H30/c1-6-7-8-9-10-11-12-15(4,5)13-14(2)3/h11-12,14H,6-10,13H2,1-5H3. The lowest BCUT2D eigenvalue weighted by atomic mass is 9.83. The fraction of sp³-hybridized carbons (Fsp3) is 0.867. The summed E-state index contributed by atoms with van der Waals surface area (Å²) < 4.78 is 0. The predicted octanol–water partition coefficient (Wildman–Crippen LogP) is 5.59. The van der Waals surface area contributed by atoms with Gasteiger partial charge in [0.1, 0.15) is 0 Å². The van der Waals surface area contributed by atoms with Crippen molar-refractivity contribution in [2.45, 2.75) is 73.1 Å². The zero-order valence-corrected chi connectivity index (χ0v) is 11.5. The summed E-state index contributed by atoms with van der Waals surface area (Å²) in [5, 5.41) is 0. The van der Waals surface area contributed by atoms with Crippen LogP contribution in [0.4, 0.5) is 0 Å². The second-order valence-corrected chi connectivity index (χ2v) is 5.84. The molecule has 0 amide bonds. The van der Waals surface area contributed by atoms with E-state index in [4.69, 9.17) is 0 Å². The van der Waals surface area contributed by atoms with E-state index in [0.717, 1.165) is 5.92 Å². The summed E-state index contributed by atoms with van der Waals surface area (Å²) in [6, 6.07) is 0. The molecule has 0 unspecified atom stereocenters. The van der Waals surface area contributed by atoms with Gasteiger partial charge in [-0.05, 0) is 30.6 Å². The van der Waals surface area contributed by atoms with Crippen molar-refractivity contribution < 1.29 is 0 Å². The molecule has 0 atom stereocenters. The molecule has 0 aromatic heterocycles. The van der Waals surface area contributed by atoms with Crippen molar-refractivity contribution in [3.63, 3.8) is 0 Å². The number of rotatable bonds is 8. The molecular weight excluding hydrogens is 180 g/mol. The highest BCUT2D eigenvalue weighted by Crippen LogP contribution is 2.26. The molecule has 0 aliphatic heterocycles. The van der Waals surface area contributed by atoms with E-state index in [0.29, 0.717) is 5.41 Å². The van der Waals surface area contributed by atoms with Gasteiger partial charge in [0.25, 0.3) is 0 Å². The Morgan fingerprint density at radius 2 is 1.73 bits per heavy atom. The fourth-order valence-corrected chi connectivity index (χ4v) is 2.21. The average molecular weight is 210 g/mol. The first-order valence-electron chi connectivity index (χ1n) is 6.65. The van der Waals surface area contributed by atoms with Crippen molar-refractivity contribution >= 4 is 0 Å². The van der Waals surface area contributed by atoms with Crippen LogP contribution in [-0.2, 0) is 0 Å². The van der Waals surface area contributed by atoms with E-state index in [9.17, 15) is 0 Å². The van der Waals surface area contributed by atoms with Gasteiger partial charge in [0.2, 0.25) is 0 Å². The third kappa shape index (κ3) is 10.0. The van der Waals surface area contributed by atoms with E-state index >= 15 is 0 Å². The van der Waals surface area contributed by atoms with Crippen LogP contribution in [-0.4, -0.2) is 0 Å². The molecule has 0 saturated heterocycles. The van der Waals surface area contributed by atoms with Crippen LogP contribution in [0.15, 0.2) is 12.2 Å². The van der Waals surface area contributed by atoms with Crippen molar-refractivity contribution in [1.82, 2.24) is 0 Å². The maximum atomic E-state index is 2.42. The topological polar surface area (TPSA) is 0 Å². The molecule has 0 heterocycles. The molecule has 0 nitrogen and oxygen atoms in total. The van der Waals surface area contributed by atoms with Crippen molar-refractivity contribution in [3.8, 4) is 0 Å². The minimum atomic E-state index is 0.388. The first-order valence-corrected chi connectivity index (χ1v) is 6.65. The highest BCUT2D eigenvalue weighted by Gasteiger charge is 2.14. The van der Waals surface area contributed by atoms with E-state index in [1.807, 2.05) is 0 Å². The highest BCUT2D eigenvalue weighted by atomic mass is 14.2. The molecule has 0 aliphatic carbocycles. The molecule has 0 radical (unpaired) electrons. The average Bonchev–Trinajstić information content (AvgIpc) is 2.08. The van der Waals surface area contributed by atoms with Gasteiger partial charge in [-0.3, -0.25) is 0 Å². The Balaban J connectivity index is 3.64. The normalized spacial score (nSPS) is 12.9. The molecule has 0 bridgehead atoms. The summed E-state index contributed by atoms with van der Waals surface area (Å²) in [7, 11) is 0. The van der Waals surface area contributed by atoms with Crippen LogP contribution >= 0.6 is 0 Å². The van der Waals surface area contributed by atoms with Crippen molar-refractivity contribution in [2.75, 3.05) is 0 Å². The third-order valence-electron chi connectivity index (χ3n) is 2.73. The molecule has 15 heavy (non-hydrogen) atoms. The summed E-state index contributed by atoms with van der Waals surface area (Å²) >= 11 is 0. The molecule has 0 spiro atoms. The molecule has 0 rings (SSSR count). The van der Waals surface area contributed by atoms with E-state index in [-0.39, 0.29) is 0 Å². The Morgan fingerprint density at radius 3 is 2.27 bits per heavy atom. The summed E-state index contributed by atoms with van der Waals surface area (Å²) in [5.41, 5.74) is 0.388. The molecule has 0 N–H and O–H groups in total. The molecule has 0 aromatic rings. The van der Waals surface area contributed by atoms with Crippen LogP contribution in [0.3, 0.4) is 0 Å². The van der Waals surface area contributed by atoms with Gasteiger partial charge in [0, 0.05) is 0 Å². The van der Waals surface area contributed by atoms with Gasteiger partial charge in [0.15, 0.2) is 0 Å². The van der Waals surface area contributed by atoms with Gasteiger partial charge >= 0.3 is 0 Å². The Morgan fingerprint density at radius 1 is 1.07 bits per heavy atom. The second kappa shape index (κ2) is 7.96. The Kier molecular flexibility index (Phi) is 7.82. The lowest BCUT2D eigenvalue weighted by molar-refractivity contribution is 0.365. The van der Waals surface area contributed by atoms with E-state index in [2.05, 4.69) is 46.8 Å². The van der Waals surface area contributed by atoms with Crippen LogP contribution in [0.2, 0.25) is 0 Å². The number of allylic oxidation sites excluding steroid dienone is 2. The van der Waals surface area contributed by atoms with Crippen LogP contribution in [0.1, 0.15) is 73.1 Å². The van der Waals surface area contributed by atoms with Gasteiger partial charge in [-0.25, -0.2) is 0 Å². The zero-order valence-electron chi connectivity index (χ0n) is 11.5. The van der Waals surface area contributed by atoms with Gasteiger partial charge in [-0.2, -0.15) is 0 Å². The summed E-state index contributed by atoms with van der Waals surface area (Å²) in [4.78, 5) is 0. The minimum Gasteiger partial charge on any atom is -0.0880 e. The Hall–Kier alpha value is -0.260. The van der Waals surface area contributed by atoms with E-state index in [1.165, 1.54) is 38.5 Å². The molecule has 0 aliphatic rings. The molecule has 0 fully saturated rings. The quantitative estimate of drug-likeness (QED) is 0.362. The van der Waals surface area contributed by atoms with Crippen LogP contribution in [0, 0.1) is 11.3 Å². The van der Waals surface area contributed by atoms with E-state index in [1.54, 1.807) is 0 Å². The third-order valence-corrected chi connectivity index (χ3v) is 2.73. The zero-order chi connectivity index (χ0) is 11.7. The molecule has 0 saturated carbocycles. The second-order valence-electron chi connectivity index (χ2n) is 5.84. The number of hydrogen-bond acceptors (Lipinski definition) is 0. The van der Waals surface area contributed by atoms with Gasteiger partial charge in [0.05, 0.1) is 0 Å². The van der Waals surface area contributed by atoms with Crippen LogP contribution < -0.4 is 0 Å². The number of hydrogen-bond donors (Lipinski definition) is 0. The van der Waals surface area contributed by atoms with Crippen LogP contribution in [0.5, 0.6) is 0 Å². The minimum absolute atomic E-state index is 0.388. The predicted molar refractivity (Wildman–Crippen MR) is 71.1 cm³/mol. The molecule has 0 heteroatoms. The maximum absolute atomic E-state index is 2.42.